The van der Waals surface area contributed by atoms with Gasteiger partial charge in [0.15, 0.2) is 5.78 Å². The van der Waals surface area contributed by atoms with Crippen molar-refractivity contribution in [3.8, 4) is 16.2 Å². The minimum absolute atomic E-state index is 0.0192. The predicted octanol–water partition coefficient (Wildman–Crippen LogP) is 4.14. The number of ether oxygens (including phenoxy) is 1. The molecule has 20 heavy (non-hydrogen) atoms. The summed E-state index contributed by atoms with van der Waals surface area (Å²) < 4.78 is 43.0. The van der Waals surface area contributed by atoms with Gasteiger partial charge in [-0.2, -0.15) is 0 Å². The van der Waals surface area contributed by atoms with Crippen molar-refractivity contribution in [3.63, 3.8) is 0 Å². The van der Waals surface area contributed by atoms with Crippen LogP contribution in [0.4, 0.5) is 12.9 Å². The number of benzene rings is 1. The number of halogens is 3. The van der Waals surface area contributed by atoms with Crippen molar-refractivity contribution >= 4 is 24.1 Å². The molecule has 2 heterocycles. The summed E-state index contributed by atoms with van der Waals surface area (Å²) in [5.41, 5.74) is 1.04. The molecule has 0 aliphatic carbocycles. The highest BCUT2D eigenvalue weighted by Crippen LogP contribution is 2.36. The summed E-state index contributed by atoms with van der Waals surface area (Å²) in [6.45, 7) is -5.18. The number of thiophene rings is 1. The van der Waals surface area contributed by atoms with Gasteiger partial charge in [-0.25, -0.2) is 0 Å². The largest absolute Gasteiger partial charge is 0.518 e. The first kappa shape index (κ1) is 13.2. The molecule has 0 bridgehead atoms. The Morgan fingerprint density at radius 1 is 1.25 bits per heavy atom. The van der Waals surface area contributed by atoms with Gasteiger partial charge in [0.25, 0.3) is 0 Å². The van der Waals surface area contributed by atoms with E-state index in [-0.39, 0.29) is 11.3 Å². The summed E-state index contributed by atoms with van der Waals surface area (Å²) in [7, 11) is 0. The lowest BCUT2D eigenvalue weighted by atomic mass is 9.76. The molecule has 0 spiro atoms. The van der Waals surface area contributed by atoms with Crippen LogP contribution in [0.2, 0.25) is 0 Å². The molecular formula is C13H9BF3O2S-. The molecule has 104 valence electrons. The van der Waals surface area contributed by atoms with E-state index in [2.05, 4.69) is 0 Å². The maximum Gasteiger partial charge on any atom is 0.518 e. The Morgan fingerprint density at radius 2 is 2.05 bits per heavy atom. The third-order valence-corrected chi connectivity index (χ3v) is 4.09. The fourth-order valence-corrected chi connectivity index (χ4v) is 2.88. The van der Waals surface area contributed by atoms with Crippen molar-refractivity contribution < 1.29 is 22.5 Å². The Kier molecular flexibility index (Phi) is 3.09. The van der Waals surface area contributed by atoms with E-state index in [1.165, 1.54) is 17.4 Å². The molecule has 0 radical (unpaired) electrons. The van der Waals surface area contributed by atoms with Crippen LogP contribution in [0.3, 0.4) is 0 Å². The molecule has 1 aliphatic rings. The lowest BCUT2D eigenvalue weighted by molar-refractivity contribution is 0.0879. The first-order valence-corrected chi connectivity index (χ1v) is 6.91. The predicted molar refractivity (Wildman–Crippen MR) is 72.2 cm³/mol. The van der Waals surface area contributed by atoms with Crippen molar-refractivity contribution in [2.45, 2.75) is 12.4 Å². The zero-order valence-corrected chi connectivity index (χ0v) is 11.0. The van der Waals surface area contributed by atoms with Crippen molar-refractivity contribution in [1.29, 1.82) is 0 Å². The van der Waals surface area contributed by atoms with Gasteiger partial charge in [0, 0.05) is 11.3 Å². The Bertz CT molecular complexity index is 652. The number of fused-ring (bicyclic) bond motifs is 1. The molecular weight excluding hydrogens is 288 g/mol. The number of rotatable bonds is 2. The van der Waals surface area contributed by atoms with Crippen LogP contribution >= 0.6 is 11.3 Å². The molecule has 3 rings (SSSR count). The van der Waals surface area contributed by atoms with Crippen LogP contribution < -0.4 is 4.74 Å². The Hall–Kier alpha value is -1.76. The fourth-order valence-electron chi connectivity index (χ4n) is 2.15. The lowest BCUT2D eigenvalue weighted by Crippen LogP contribution is -2.43. The van der Waals surface area contributed by atoms with Crippen LogP contribution in [0.1, 0.15) is 16.8 Å². The number of Topliss-reactive ketones (excluding diaryl/α,β-unsaturated/α-hetero) is 1. The molecule has 0 N–H and O–H groups in total. The summed E-state index contributed by atoms with van der Waals surface area (Å²) >= 11 is 1.50. The van der Waals surface area contributed by atoms with E-state index in [1.807, 2.05) is 17.5 Å². The van der Waals surface area contributed by atoms with Gasteiger partial charge in [0.1, 0.15) is 5.75 Å². The molecule has 1 aromatic heterocycles. The zero-order valence-electron chi connectivity index (χ0n) is 10.2. The third-order valence-electron chi connectivity index (χ3n) is 3.17. The van der Waals surface area contributed by atoms with Crippen molar-refractivity contribution in [2.24, 2.45) is 0 Å². The van der Waals surface area contributed by atoms with Crippen LogP contribution in [0.15, 0.2) is 35.7 Å². The standard InChI is InChI=1S/C13H9BF3O2S/c15-14(16,17)13-7-10(18)9-6-8(3-4-11(9)19-13)12-2-1-5-20-12/h1-6,13H,7H2/q-1. The smallest absolute Gasteiger partial charge is 0.517 e. The number of carbonyl (C=O) groups is 1. The minimum Gasteiger partial charge on any atom is -0.517 e. The maximum absolute atomic E-state index is 12.7. The quantitative estimate of drug-likeness (QED) is 0.779. The van der Waals surface area contributed by atoms with Gasteiger partial charge < -0.3 is 17.7 Å². The molecule has 2 nitrogen and oxygen atoms in total. The Morgan fingerprint density at radius 3 is 2.70 bits per heavy atom. The van der Waals surface area contributed by atoms with Gasteiger partial charge in [-0.3, -0.25) is 4.79 Å². The van der Waals surface area contributed by atoms with Crippen molar-refractivity contribution in [2.75, 3.05) is 0 Å². The van der Waals surface area contributed by atoms with E-state index in [1.54, 1.807) is 12.1 Å². The molecule has 0 amide bonds. The lowest BCUT2D eigenvalue weighted by Gasteiger charge is -2.32. The molecule has 1 aromatic carbocycles. The average Bonchev–Trinajstić information content (AvgIpc) is 2.91. The van der Waals surface area contributed by atoms with E-state index in [0.717, 1.165) is 10.4 Å². The van der Waals surface area contributed by atoms with E-state index >= 15 is 0 Å². The van der Waals surface area contributed by atoms with Crippen LogP contribution in [-0.4, -0.2) is 18.8 Å². The highest BCUT2D eigenvalue weighted by Gasteiger charge is 2.41. The first-order chi connectivity index (χ1) is 9.45. The Balaban J connectivity index is 1.98. The van der Waals surface area contributed by atoms with Crippen LogP contribution in [0.25, 0.3) is 10.4 Å². The number of hydrogen-bond acceptors (Lipinski definition) is 3. The van der Waals surface area contributed by atoms with Crippen LogP contribution in [0, 0.1) is 0 Å². The summed E-state index contributed by atoms with van der Waals surface area (Å²) in [6, 6.07) is 6.49. The van der Waals surface area contributed by atoms with E-state index in [0.29, 0.717) is 0 Å². The van der Waals surface area contributed by atoms with Crippen molar-refractivity contribution in [1.82, 2.24) is 0 Å². The second-order valence-corrected chi connectivity index (χ2v) is 5.54. The van der Waals surface area contributed by atoms with Crippen LogP contribution in [-0.2, 0) is 0 Å². The summed E-state index contributed by atoms with van der Waals surface area (Å²) in [5, 5.41) is 1.90. The molecule has 1 unspecified atom stereocenters. The molecule has 1 aliphatic heterocycles. The van der Waals surface area contributed by atoms with Gasteiger partial charge in [-0.05, 0) is 35.2 Å². The summed E-state index contributed by atoms with van der Waals surface area (Å²) in [4.78, 5) is 12.9. The number of carbonyl (C=O) groups excluding carboxylic acids is 1. The number of ketones is 1. The van der Waals surface area contributed by atoms with Crippen LogP contribution in [0.5, 0.6) is 5.75 Å². The molecule has 0 fully saturated rings. The monoisotopic (exact) mass is 297 g/mol. The minimum atomic E-state index is -5.18. The van der Waals surface area contributed by atoms with E-state index in [9.17, 15) is 17.7 Å². The second kappa shape index (κ2) is 4.66. The van der Waals surface area contributed by atoms with Gasteiger partial charge >= 0.3 is 6.98 Å². The fraction of sp³-hybridized carbons (Fsp3) is 0.154. The topological polar surface area (TPSA) is 26.3 Å². The SMILES string of the molecule is O=C1CC([B-](F)(F)F)Oc2ccc(-c3cccs3)cc21. The van der Waals surface area contributed by atoms with E-state index in [4.69, 9.17) is 4.74 Å². The Labute approximate surface area is 117 Å². The van der Waals surface area contributed by atoms with Gasteiger partial charge in [0.2, 0.25) is 0 Å². The maximum atomic E-state index is 12.7. The van der Waals surface area contributed by atoms with Gasteiger partial charge in [-0.15, -0.1) is 11.3 Å². The third kappa shape index (κ3) is 2.33. The van der Waals surface area contributed by atoms with E-state index < -0.39 is 25.2 Å². The second-order valence-electron chi connectivity index (χ2n) is 4.60. The molecule has 0 saturated heterocycles. The highest BCUT2D eigenvalue weighted by molar-refractivity contribution is 7.13. The highest BCUT2D eigenvalue weighted by atomic mass is 32.1. The molecule has 1 atom stereocenters. The molecule has 2 aromatic rings. The summed E-state index contributed by atoms with van der Waals surface area (Å²) in [5.74, 6) is -0.500. The normalized spacial score (nSPS) is 18.6. The van der Waals surface area contributed by atoms with Gasteiger partial charge in [0.05, 0.1) is 11.6 Å². The summed E-state index contributed by atoms with van der Waals surface area (Å²) in [6.07, 6.45) is -0.635. The van der Waals surface area contributed by atoms with Crippen molar-refractivity contribution in [3.05, 3.63) is 41.3 Å². The first-order valence-electron chi connectivity index (χ1n) is 6.03. The van der Waals surface area contributed by atoms with Gasteiger partial charge in [-0.1, -0.05) is 6.07 Å². The average molecular weight is 297 g/mol. The molecule has 0 saturated carbocycles. The zero-order chi connectivity index (χ0) is 14.3. The molecule has 7 heteroatoms. The number of hydrogen-bond donors (Lipinski definition) is 0.